The molecule has 1 fully saturated rings. The van der Waals surface area contributed by atoms with Crippen molar-refractivity contribution < 1.29 is 13.9 Å². The SMILES string of the molecule is CCC1(C)CC(Nc2ccc(F)c(C(N)=O)c2)CCO1. The molecular weight excluding hydrogens is 259 g/mol. The van der Waals surface area contributed by atoms with E-state index in [1.807, 2.05) is 0 Å². The van der Waals surface area contributed by atoms with Crippen LogP contribution in [0.3, 0.4) is 0 Å². The number of nitrogens with one attached hydrogen (secondary N) is 1. The minimum atomic E-state index is -0.753. The largest absolute Gasteiger partial charge is 0.382 e. The third kappa shape index (κ3) is 3.28. The first-order valence-electron chi connectivity index (χ1n) is 6.93. The van der Waals surface area contributed by atoms with Gasteiger partial charge < -0.3 is 15.8 Å². The number of anilines is 1. The molecule has 2 atom stereocenters. The second-order valence-corrected chi connectivity index (χ2v) is 5.54. The Labute approximate surface area is 118 Å². The second kappa shape index (κ2) is 5.79. The highest BCUT2D eigenvalue weighted by molar-refractivity contribution is 5.94. The predicted octanol–water partition coefficient (Wildman–Crippen LogP) is 2.68. The van der Waals surface area contributed by atoms with Crippen LogP contribution >= 0.6 is 0 Å². The number of halogens is 1. The minimum Gasteiger partial charge on any atom is -0.382 e. The van der Waals surface area contributed by atoms with E-state index >= 15 is 0 Å². The zero-order chi connectivity index (χ0) is 14.8. The number of carbonyl (C=O) groups is 1. The number of amides is 1. The Morgan fingerprint density at radius 1 is 1.60 bits per heavy atom. The predicted molar refractivity (Wildman–Crippen MR) is 76.2 cm³/mol. The third-order valence-electron chi connectivity index (χ3n) is 3.95. The molecule has 3 N–H and O–H groups in total. The van der Waals surface area contributed by atoms with Gasteiger partial charge >= 0.3 is 0 Å². The number of hydrogen-bond acceptors (Lipinski definition) is 3. The zero-order valence-corrected chi connectivity index (χ0v) is 11.9. The average Bonchev–Trinajstić information content (AvgIpc) is 2.41. The van der Waals surface area contributed by atoms with Gasteiger partial charge in [0.1, 0.15) is 5.82 Å². The van der Waals surface area contributed by atoms with Crippen molar-refractivity contribution in [1.29, 1.82) is 0 Å². The first kappa shape index (κ1) is 14.8. The summed E-state index contributed by atoms with van der Waals surface area (Å²) in [5, 5.41) is 3.34. The van der Waals surface area contributed by atoms with Gasteiger partial charge in [0.05, 0.1) is 11.2 Å². The lowest BCUT2D eigenvalue weighted by atomic mass is 9.90. The van der Waals surface area contributed by atoms with Crippen molar-refractivity contribution in [2.45, 2.75) is 44.8 Å². The summed E-state index contributed by atoms with van der Waals surface area (Å²) < 4.78 is 19.2. The molecule has 0 bridgehead atoms. The Morgan fingerprint density at radius 3 is 3.00 bits per heavy atom. The molecule has 20 heavy (non-hydrogen) atoms. The van der Waals surface area contributed by atoms with Crippen LogP contribution in [-0.2, 0) is 4.74 Å². The molecule has 0 spiro atoms. The van der Waals surface area contributed by atoms with E-state index in [2.05, 4.69) is 19.2 Å². The molecule has 5 heteroatoms. The minimum absolute atomic E-state index is 0.0830. The molecule has 2 unspecified atom stereocenters. The summed E-state index contributed by atoms with van der Waals surface area (Å²) in [6.07, 6.45) is 2.72. The van der Waals surface area contributed by atoms with E-state index in [0.717, 1.165) is 19.3 Å². The van der Waals surface area contributed by atoms with Gasteiger partial charge in [-0.15, -0.1) is 0 Å². The van der Waals surface area contributed by atoms with Crippen molar-refractivity contribution >= 4 is 11.6 Å². The average molecular weight is 280 g/mol. The van der Waals surface area contributed by atoms with Crippen molar-refractivity contribution in [3.8, 4) is 0 Å². The van der Waals surface area contributed by atoms with E-state index in [4.69, 9.17) is 10.5 Å². The molecule has 0 aromatic heterocycles. The zero-order valence-electron chi connectivity index (χ0n) is 11.9. The van der Waals surface area contributed by atoms with Crippen LogP contribution in [0, 0.1) is 5.82 Å². The van der Waals surface area contributed by atoms with Gasteiger partial charge in [-0.05, 0) is 44.4 Å². The normalized spacial score (nSPS) is 26.2. The summed E-state index contributed by atoms with van der Waals surface area (Å²) >= 11 is 0. The Bertz CT molecular complexity index is 507. The number of carbonyl (C=O) groups excluding carboxylic acids is 1. The summed E-state index contributed by atoms with van der Waals surface area (Å²) in [6.45, 7) is 4.90. The smallest absolute Gasteiger partial charge is 0.251 e. The van der Waals surface area contributed by atoms with Crippen LogP contribution < -0.4 is 11.1 Å². The lowest BCUT2D eigenvalue weighted by molar-refractivity contribution is -0.0708. The summed E-state index contributed by atoms with van der Waals surface area (Å²) in [5.74, 6) is -1.34. The molecule has 1 saturated heterocycles. The quantitative estimate of drug-likeness (QED) is 0.891. The van der Waals surface area contributed by atoms with Crippen LogP contribution in [0.25, 0.3) is 0 Å². The van der Waals surface area contributed by atoms with Crippen molar-refractivity contribution in [3.63, 3.8) is 0 Å². The van der Waals surface area contributed by atoms with Crippen LogP contribution in [0.15, 0.2) is 18.2 Å². The molecule has 0 aliphatic carbocycles. The lowest BCUT2D eigenvalue weighted by Gasteiger charge is -2.38. The van der Waals surface area contributed by atoms with E-state index in [-0.39, 0.29) is 17.2 Å². The fourth-order valence-electron chi connectivity index (χ4n) is 2.54. The Morgan fingerprint density at radius 2 is 2.35 bits per heavy atom. The van der Waals surface area contributed by atoms with Crippen molar-refractivity contribution in [1.82, 2.24) is 0 Å². The molecule has 0 saturated carbocycles. The molecular formula is C15H21FN2O2. The van der Waals surface area contributed by atoms with Gasteiger partial charge in [-0.3, -0.25) is 4.79 Å². The number of ether oxygens (including phenoxy) is 1. The molecule has 0 radical (unpaired) electrons. The highest BCUT2D eigenvalue weighted by Crippen LogP contribution is 2.29. The monoisotopic (exact) mass is 280 g/mol. The molecule has 1 aliphatic rings. The van der Waals surface area contributed by atoms with E-state index in [1.54, 1.807) is 6.07 Å². The van der Waals surface area contributed by atoms with Gasteiger partial charge in [0.2, 0.25) is 0 Å². The summed E-state index contributed by atoms with van der Waals surface area (Å²) in [6, 6.07) is 4.61. The van der Waals surface area contributed by atoms with E-state index in [0.29, 0.717) is 12.3 Å². The summed E-state index contributed by atoms with van der Waals surface area (Å²) in [7, 11) is 0. The molecule has 1 aromatic carbocycles. The fraction of sp³-hybridized carbons (Fsp3) is 0.533. The maximum Gasteiger partial charge on any atom is 0.251 e. The number of hydrogen-bond donors (Lipinski definition) is 2. The van der Waals surface area contributed by atoms with Gasteiger partial charge in [0, 0.05) is 18.3 Å². The van der Waals surface area contributed by atoms with Gasteiger partial charge in [-0.25, -0.2) is 4.39 Å². The Hall–Kier alpha value is -1.62. The molecule has 1 aromatic rings. The van der Waals surface area contributed by atoms with Crippen LogP contribution in [0.5, 0.6) is 0 Å². The molecule has 2 rings (SSSR count). The van der Waals surface area contributed by atoms with E-state index < -0.39 is 11.7 Å². The maximum atomic E-state index is 13.4. The second-order valence-electron chi connectivity index (χ2n) is 5.54. The third-order valence-corrected chi connectivity index (χ3v) is 3.95. The Kier molecular flexibility index (Phi) is 4.28. The first-order chi connectivity index (χ1) is 9.43. The number of benzene rings is 1. The molecule has 110 valence electrons. The van der Waals surface area contributed by atoms with Crippen LogP contribution in [0.2, 0.25) is 0 Å². The number of primary amides is 1. The standard InChI is InChI=1S/C15H21FN2O2/c1-3-15(2)9-11(6-7-20-15)18-10-4-5-13(16)12(8-10)14(17)19/h4-5,8,11,18H,3,6-7,9H2,1-2H3,(H2,17,19). The van der Waals surface area contributed by atoms with Crippen LogP contribution in [0.4, 0.5) is 10.1 Å². The molecule has 1 heterocycles. The molecule has 1 aliphatic heterocycles. The van der Waals surface area contributed by atoms with Gasteiger partial charge in [0.25, 0.3) is 5.91 Å². The van der Waals surface area contributed by atoms with Crippen LogP contribution in [0.1, 0.15) is 43.5 Å². The van der Waals surface area contributed by atoms with Crippen molar-refractivity contribution in [2.24, 2.45) is 5.73 Å². The molecule has 1 amide bonds. The van der Waals surface area contributed by atoms with Crippen LogP contribution in [-0.4, -0.2) is 24.2 Å². The summed E-state index contributed by atoms with van der Waals surface area (Å²) in [5.41, 5.74) is 5.66. The van der Waals surface area contributed by atoms with E-state index in [9.17, 15) is 9.18 Å². The summed E-state index contributed by atoms with van der Waals surface area (Å²) in [4.78, 5) is 11.2. The number of nitrogens with two attached hydrogens (primary N) is 1. The number of rotatable bonds is 4. The maximum absolute atomic E-state index is 13.4. The van der Waals surface area contributed by atoms with Crippen molar-refractivity contribution in [3.05, 3.63) is 29.6 Å². The van der Waals surface area contributed by atoms with Gasteiger partial charge in [-0.1, -0.05) is 6.92 Å². The highest BCUT2D eigenvalue weighted by atomic mass is 19.1. The lowest BCUT2D eigenvalue weighted by Crippen LogP contribution is -2.41. The van der Waals surface area contributed by atoms with Gasteiger partial charge in [-0.2, -0.15) is 0 Å². The highest BCUT2D eigenvalue weighted by Gasteiger charge is 2.31. The Balaban J connectivity index is 2.10. The fourth-order valence-corrected chi connectivity index (χ4v) is 2.54. The van der Waals surface area contributed by atoms with E-state index in [1.165, 1.54) is 12.1 Å². The first-order valence-corrected chi connectivity index (χ1v) is 6.93. The topological polar surface area (TPSA) is 64.3 Å². The van der Waals surface area contributed by atoms with Gasteiger partial charge in [0.15, 0.2) is 0 Å². The molecule has 4 nitrogen and oxygen atoms in total. The van der Waals surface area contributed by atoms with Crippen molar-refractivity contribution in [2.75, 3.05) is 11.9 Å².